The number of nitrogens with zero attached hydrogens (tertiary/aromatic N) is 7. The molecule has 208 valence electrons. The van der Waals surface area contributed by atoms with E-state index in [-0.39, 0.29) is 5.91 Å². The molecule has 1 N–H and O–H groups in total. The van der Waals surface area contributed by atoms with Gasteiger partial charge in [0.15, 0.2) is 17.4 Å². The molecule has 1 amide bonds. The zero-order valence-corrected chi connectivity index (χ0v) is 23.2. The van der Waals surface area contributed by atoms with Crippen LogP contribution in [0.25, 0.3) is 21.9 Å². The number of aryl methyl sites for hydroxylation is 2. The SMILES string of the molecule is C=CC(=O)N1CCN(c2nc3c(Nc4ccc(Oc5ccc6cn(C)nc6c5)c(C)c4)ncnc3cc2OC)CC1. The molecule has 1 saturated heterocycles. The highest BCUT2D eigenvalue weighted by atomic mass is 16.5. The van der Waals surface area contributed by atoms with Gasteiger partial charge in [0.1, 0.15) is 23.3 Å². The summed E-state index contributed by atoms with van der Waals surface area (Å²) in [6.07, 6.45) is 4.83. The molecular formula is C30H30N8O3. The van der Waals surface area contributed by atoms with Crippen LogP contribution >= 0.6 is 0 Å². The van der Waals surface area contributed by atoms with Gasteiger partial charge in [0.2, 0.25) is 5.91 Å². The lowest BCUT2D eigenvalue weighted by molar-refractivity contribution is -0.126. The van der Waals surface area contributed by atoms with E-state index in [4.69, 9.17) is 14.5 Å². The van der Waals surface area contributed by atoms with Gasteiger partial charge in [-0.2, -0.15) is 5.10 Å². The van der Waals surface area contributed by atoms with Crippen LogP contribution in [0.15, 0.2) is 67.6 Å². The number of hydrogen-bond acceptors (Lipinski definition) is 9. The van der Waals surface area contributed by atoms with Crippen LogP contribution in [0.4, 0.5) is 17.3 Å². The number of fused-ring (bicyclic) bond motifs is 2. The van der Waals surface area contributed by atoms with Gasteiger partial charge in [-0.25, -0.2) is 15.0 Å². The minimum atomic E-state index is -0.0658. The first-order chi connectivity index (χ1) is 19.9. The van der Waals surface area contributed by atoms with E-state index in [0.717, 1.165) is 33.7 Å². The molecule has 1 fully saturated rings. The molecule has 6 rings (SSSR count). The van der Waals surface area contributed by atoms with Gasteiger partial charge in [0.05, 0.1) is 18.1 Å². The number of amides is 1. The van der Waals surface area contributed by atoms with Gasteiger partial charge < -0.3 is 24.6 Å². The molecule has 1 aliphatic heterocycles. The van der Waals surface area contributed by atoms with Crippen molar-refractivity contribution in [3.05, 3.63) is 73.2 Å². The van der Waals surface area contributed by atoms with Crippen LogP contribution in [-0.4, -0.2) is 68.8 Å². The molecule has 1 aliphatic rings. The van der Waals surface area contributed by atoms with Gasteiger partial charge in [-0.05, 0) is 48.9 Å². The molecule has 0 spiro atoms. The molecule has 2 aromatic carbocycles. The van der Waals surface area contributed by atoms with Crippen LogP contribution < -0.4 is 19.7 Å². The lowest BCUT2D eigenvalue weighted by atomic mass is 10.2. The molecule has 0 bridgehead atoms. The highest BCUT2D eigenvalue weighted by Gasteiger charge is 2.24. The quantitative estimate of drug-likeness (QED) is 0.291. The number of carbonyl (C=O) groups excluding carboxylic acids is 1. The molecule has 0 unspecified atom stereocenters. The Hall–Kier alpha value is -5.19. The van der Waals surface area contributed by atoms with Crippen molar-refractivity contribution < 1.29 is 14.3 Å². The summed E-state index contributed by atoms with van der Waals surface area (Å²) in [7, 11) is 3.52. The van der Waals surface area contributed by atoms with Crippen LogP contribution in [0.1, 0.15) is 5.56 Å². The lowest BCUT2D eigenvalue weighted by Crippen LogP contribution is -2.48. The second kappa shape index (κ2) is 10.8. The Balaban J connectivity index is 1.24. The van der Waals surface area contributed by atoms with Crippen molar-refractivity contribution in [1.29, 1.82) is 0 Å². The lowest BCUT2D eigenvalue weighted by Gasteiger charge is -2.35. The van der Waals surface area contributed by atoms with Crippen molar-refractivity contribution in [3.63, 3.8) is 0 Å². The van der Waals surface area contributed by atoms with Gasteiger partial charge in [-0.1, -0.05) is 6.58 Å². The summed E-state index contributed by atoms with van der Waals surface area (Å²) in [6.45, 7) is 7.99. The Bertz CT molecular complexity index is 1780. The first-order valence-electron chi connectivity index (χ1n) is 13.3. The summed E-state index contributed by atoms with van der Waals surface area (Å²) in [5, 5.41) is 8.92. The minimum Gasteiger partial charge on any atom is -0.493 e. The van der Waals surface area contributed by atoms with Crippen LogP contribution in [0.5, 0.6) is 17.2 Å². The molecule has 4 heterocycles. The molecule has 11 nitrogen and oxygen atoms in total. The van der Waals surface area contributed by atoms with Crippen LogP contribution in [0.2, 0.25) is 0 Å². The summed E-state index contributed by atoms with van der Waals surface area (Å²) < 4.78 is 13.6. The maximum atomic E-state index is 12.0. The largest absolute Gasteiger partial charge is 0.493 e. The van der Waals surface area contributed by atoms with Crippen molar-refractivity contribution in [2.45, 2.75) is 6.92 Å². The van der Waals surface area contributed by atoms with Gasteiger partial charge in [-0.3, -0.25) is 9.48 Å². The topological polar surface area (TPSA) is 111 Å². The predicted molar refractivity (Wildman–Crippen MR) is 158 cm³/mol. The van der Waals surface area contributed by atoms with Gasteiger partial charge in [-0.15, -0.1) is 0 Å². The third-order valence-electron chi connectivity index (χ3n) is 7.10. The monoisotopic (exact) mass is 550 g/mol. The fraction of sp³-hybridized carbons (Fsp3) is 0.233. The van der Waals surface area contributed by atoms with E-state index in [9.17, 15) is 4.79 Å². The number of hydrogen-bond donors (Lipinski definition) is 1. The zero-order chi connectivity index (χ0) is 28.5. The summed E-state index contributed by atoms with van der Waals surface area (Å²) in [6, 6.07) is 13.6. The molecule has 41 heavy (non-hydrogen) atoms. The number of rotatable bonds is 7. The maximum absolute atomic E-state index is 12.0. The minimum absolute atomic E-state index is 0.0658. The van der Waals surface area contributed by atoms with Crippen LogP contribution in [-0.2, 0) is 11.8 Å². The highest BCUT2D eigenvalue weighted by Crippen LogP contribution is 2.34. The normalized spacial score (nSPS) is 13.4. The summed E-state index contributed by atoms with van der Waals surface area (Å²) in [5.74, 6) is 3.29. The molecule has 0 atom stereocenters. The van der Waals surface area contributed by atoms with Crippen molar-refractivity contribution in [2.24, 2.45) is 7.05 Å². The number of pyridine rings is 1. The predicted octanol–water partition coefficient (Wildman–Crippen LogP) is 4.60. The van der Waals surface area contributed by atoms with E-state index in [1.807, 2.05) is 62.6 Å². The van der Waals surface area contributed by atoms with Crippen molar-refractivity contribution >= 4 is 45.2 Å². The number of aromatic nitrogens is 5. The second-order valence-electron chi connectivity index (χ2n) is 9.85. The van der Waals surface area contributed by atoms with E-state index in [0.29, 0.717) is 54.6 Å². The average molecular weight is 551 g/mol. The molecule has 0 radical (unpaired) electrons. The van der Waals surface area contributed by atoms with Crippen molar-refractivity contribution in [2.75, 3.05) is 43.5 Å². The maximum Gasteiger partial charge on any atom is 0.246 e. The number of benzene rings is 2. The first-order valence-corrected chi connectivity index (χ1v) is 13.3. The summed E-state index contributed by atoms with van der Waals surface area (Å²) in [4.78, 5) is 29.8. The fourth-order valence-electron chi connectivity index (χ4n) is 4.98. The zero-order valence-electron chi connectivity index (χ0n) is 23.2. The Morgan fingerprint density at radius 3 is 2.61 bits per heavy atom. The van der Waals surface area contributed by atoms with Crippen molar-refractivity contribution in [3.8, 4) is 17.2 Å². The molecule has 11 heteroatoms. The van der Waals surface area contributed by atoms with Gasteiger partial charge >= 0.3 is 0 Å². The van der Waals surface area contributed by atoms with Crippen molar-refractivity contribution in [1.82, 2.24) is 29.6 Å². The second-order valence-corrected chi connectivity index (χ2v) is 9.85. The van der Waals surface area contributed by atoms with Gasteiger partial charge in [0.25, 0.3) is 0 Å². The Labute approximate surface area is 237 Å². The molecule has 5 aromatic rings. The fourth-order valence-corrected chi connectivity index (χ4v) is 4.98. The van der Waals surface area contributed by atoms with E-state index in [2.05, 4.69) is 31.9 Å². The van der Waals surface area contributed by atoms with E-state index >= 15 is 0 Å². The molecular weight excluding hydrogens is 520 g/mol. The van der Waals surface area contributed by atoms with E-state index < -0.39 is 0 Å². The Morgan fingerprint density at radius 1 is 1.02 bits per heavy atom. The first kappa shape index (κ1) is 26.1. The molecule has 3 aromatic heterocycles. The smallest absolute Gasteiger partial charge is 0.246 e. The van der Waals surface area contributed by atoms with E-state index in [1.54, 1.807) is 16.7 Å². The molecule has 0 saturated carbocycles. The van der Waals surface area contributed by atoms with Gasteiger partial charge in [0, 0.05) is 62.6 Å². The third-order valence-corrected chi connectivity index (χ3v) is 7.10. The summed E-state index contributed by atoms with van der Waals surface area (Å²) >= 11 is 0. The number of piperazine rings is 1. The number of ether oxygens (including phenoxy) is 2. The number of nitrogens with one attached hydrogen (secondary N) is 1. The third kappa shape index (κ3) is 5.21. The summed E-state index contributed by atoms with van der Waals surface area (Å²) in [5.41, 5.74) is 3.95. The average Bonchev–Trinajstić information content (AvgIpc) is 3.37. The molecule has 0 aliphatic carbocycles. The number of anilines is 3. The standard InChI is InChI=1S/C30H30N8O3/c1-5-27(39)37-10-12-38(13-11-37)30-26(40-4)16-24-28(34-30)29(32-18-31-24)33-21-7-9-25(19(2)14-21)41-22-8-6-20-17-36(3)35-23(20)15-22/h5-9,14-18H,1,10-13H2,2-4H3,(H,31,32,33). The number of carbonyl (C=O) groups is 1. The number of methoxy groups -OCH3 is 1. The highest BCUT2D eigenvalue weighted by molar-refractivity contribution is 5.90. The van der Waals surface area contributed by atoms with E-state index in [1.165, 1.54) is 12.4 Å². The Kier molecular flexibility index (Phi) is 6.84. The Morgan fingerprint density at radius 2 is 1.85 bits per heavy atom. The van der Waals surface area contributed by atoms with Crippen LogP contribution in [0, 0.1) is 6.92 Å². The van der Waals surface area contributed by atoms with Crippen LogP contribution in [0.3, 0.4) is 0 Å².